The molecule has 0 spiro atoms. The molecule has 1 unspecified atom stereocenters. The number of hydrogen-bond acceptors (Lipinski definition) is 4. The van der Waals surface area contributed by atoms with Crippen molar-refractivity contribution in [3.05, 3.63) is 35.4 Å². The van der Waals surface area contributed by atoms with Gasteiger partial charge in [-0.15, -0.1) is 0 Å². The van der Waals surface area contributed by atoms with Crippen molar-refractivity contribution in [2.45, 2.75) is 12.1 Å². The van der Waals surface area contributed by atoms with Crippen LogP contribution >= 0.6 is 0 Å². The van der Waals surface area contributed by atoms with Crippen molar-refractivity contribution >= 4 is 11.7 Å². The van der Waals surface area contributed by atoms with E-state index in [1.807, 2.05) is 18.2 Å². The molecule has 1 aromatic carbocycles. The van der Waals surface area contributed by atoms with Gasteiger partial charge in [0, 0.05) is 6.54 Å². The highest BCUT2D eigenvalue weighted by Crippen LogP contribution is 2.35. The number of fused-ring (bicyclic) bond motifs is 1. The molecule has 1 atom stereocenters. The number of benzene rings is 1. The first kappa shape index (κ1) is 11.4. The quantitative estimate of drug-likeness (QED) is 0.717. The molecule has 0 aliphatic carbocycles. The van der Waals surface area contributed by atoms with Crippen molar-refractivity contribution in [1.29, 1.82) is 0 Å². The smallest absolute Gasteiger partial charge is 0.250 e. The molecule has 0 radical (unpaired) electrons. The summed E-state index contributed by atoms with van der Waals surface area (Å²) in [6, 6.07) is 7.39. The molecule has 1 aromatic rings. The van der Waals surface area contributed by atoms with Gasteiger partial charge in [-0.2, -0.15) is 0 Å². The van der Waals surface area contributed by atoms with Gasteiger partial charge in [-0.05, 0) is 11.1 Å². The van der Waals surface area contributed by atoms with E-state index < -0.39 is 11.4 Å². The number of carbonyl (C=O) groups excluding carboxylic acids is 2. The molecule has 94 valence electrons. The first-order chi connectivity index (χ1) is 8.66. The lowest BCUT2D eigenvalue weighted by Gasteiger charge is -2.33. The van der Waals surface area contributed by atoms with Crippen LogP contribution in [0.3, 0.4) is 0 Å². The van der Waals surface area contributed by atoms with E-state index in [-0.39, 0.29) is 11.7 Å². The molecule has 5 nitrogen and oxygen atoms in total. The van der Waals surface area contributed by atoms with Crippen molar-refractivity contribution in [2.24, 2.45) is 11.7 Å². The predicted molar refractivity (Wildman–Crippen MR) is 63.5 cm³/mol. The molecule has 3 N–H and O–H groups in total. The second-order valence-electron chi connectivity index (χ2n) is 4.72. The van der Waals surface area contributed by atoms with E-state index in [9.17, 15) is 9.59 Å². The lowest BCUT2D eigenvalue weighted by molar-refractivity contribution is -0.148. The van der Waals surface area contributed by atoms with Gasteiger partial charge in [-0.25, -0.2) is 0 Å². The Bertz CT molecular complexity index is 525. The van der Waals surface area contributed by atoms with Gasteiger partial charge in [-0.1, -0.05) is 24.3 Å². The molecule has 3 rings (SSSR count). The number of nitrogens with two attached hydrogens (primary N) is 1. The standard InChI is InChI=1S/C13H14N2O3/c14-12(17)13(11(16)9-6-18-7-9)10-4-2-1-3-8(10)5-15-13/h1-4,9,15H,5-7H2,(H2,14,17). The van der Waals surface area contributed by atoms with Crippen LogP contribution in [0, 0.1) is 5.92 Å². The Balaban J connectivity index is 2.09. The van der Waals surface area contributed by atoms with Crippen LogP contribution in [0.15, 0.2) is 24.3 Å². The van der Waals surface area contributed by atoms with Gasteiger partial charge < -0.3 is 10.5 Å². The van der Waals surface area contributed by atoms with E-state index in [4.69, 9.17) is 10.5 Å². The van der Waals surface area contributed by atoms with Crippen LogP contribution in [0.1, 0.15) is 11.1 Å². The Kier molecular flexibility index (Phi) is 2.46. The number of nitrogens with one attached hydrogen (secondary N) is 1. The third kappa shape index (κ3) is 1.34. The first-order valence-corrected chi connectivity index (χ1v) is 5.91. The molecule has 0 aromatic heterocycles. The van der Waals surface area contributed by atoms with E-state index in [1.54, 1.807) is 6.07 Å². The maximum absolute atomic E-state index is 12.5. The van der Waals surface area contributed by atoms with Gasteiger partial charge >= 0.3 is 0 Å². The van der Waals surface area contributed by atoms with Crippen LogP contribution in [0.4, 0.5) is 0 Å². The molecule has 0 bridgehead atoms. The van der Waals surface area contributed by atoms with E-state index in [0.717, 1.165) is 5.56 Å². The number of amides is 1. The highest BCUT2D eigenvalue weighted by atomic mass is 16.5. The number of primary amides is 1. The number of Topliss-reactive ketones (excluding diaryl/α,β-unsaturated/α-hetero) is 1. The molecular weight excluding hydrogens is 232 g/mol. The van der Waals surface area contributed by atoms with Gasteiger partial charge in [0.1, 0.15) is 0 Å². The fourth-order valence-corrected chi connectivity index (χ4v) is 2.62. The van der Waals surface area contributed by atoms with Crippen LogP contribution in [-0.4, -0.2) is 24.9 Å². The molecule has 2 heterocycles. The van der Waals surface area contributed by atoms with Crippen molar-refractivity contribution in [3.63, 3.8) is 0 Å². The lowest BCUT2D eigenvalue weighted by Crippen LogP contribution is -2.59. The summed E-state index contributed by atoms with van der Waals surface area (Å²) in [7, 11) is 0. The Morgan fingerprint density at radius 2 is 2.06 bits per heavy atom. The SMILES string of the molecule is NC(=O)C1(C(=O)C2COC2)NCc2ccccc21. The molecule has 1 fully saturated rings. The summed E-state index contributed by atoms with van der Waals surface area (Å²) in [5, 5.41) is 3.00. The fraction of sp³-hybridized carbons (Fsp3) is 0.385. The molecule has 0 saturated carbocycles. The van der Waals surface area contributed by atoms with Gasteiger partial charge in [-0.3, -0.25) is 14.9 Å². The number of rotatable bonds is 3. The Morgan fingerprint density at radius 3 is 2.67 bits per heavy atom. The number of ketones is 1. The van der Waals surface area contributed by atoms with Gasteiger partial charge in [0.2, 0.25) is 5.91 Å². The second-order valence-corrected chi connectivity index (χ2v) is 4.72. The van der Waals surface area contributed by atoms with Crippen LogP contribution in [0.5, 0.6) is 0 Å². The summed E-state index contributed by atoms with van der Waals surface area (Å²) in [4.78, 5) is 24.4. The zero-order chi connectivity index (χ0) is 12.8. The average molecular weight is 246 g/mol. The largest absolute Gasteiger partial charge is 0.380 e. The van der Waals surface area contributed by atoms with Gasteiger partial charge in [0.25, 0.3) is 0 Å². The van der Waals surface area contributed by atoms with E-state index in [2.05, 4.69) is 5.32 Å². The second kappa shape index (κ2) is 3.90. The summed E-state index contributed by atoms with van der Waals surface area (Å²) in [6.45, 7) is 1.23. The van der Waals surface area contributed by atoms with Crippen molar-refractivity contribution < 1.29 is 14.3 Å². The molecular formula is C13H14N2O3. The van der Waals surface area contributed by atoms with Crippen molar-refractivity contribution in [2.75, 3.05) is 13.2 Å². The van der Waals surface area contributed by atoms with Crippen molar-refractivity contribution in [3.8, 4) is 0 Å². The molecule has 18 heavy (non-hydrogen) atoms. The van der Waals surface area contributed by atoms with E-state index >= 15 is 0 Å². The van der Waals surface area contributed by atoms with E-state index in [0.29, 0.717) is 25.3 Å². The van der Waals surface area contributed by atoms with E-state index in [1.165, 1.54) is 0 Å². The highest BCUT2D eigenvalue weighted by Gasteiger charge is 2.53. The molecule has 2 aliphatic rings. The topological polar surface area (TPSA) is 81.4 Å². The summed E-state index contributed by atoms with van der Waals surface area (Å²) < 4.78 is 5.03. The van der Waals surface area contributed by atoms with Gasteiger partial charge in [0.05, 0.1) is 19.1 Å². The minimum Gasteiger partial charge on any atom is -0.380 e. The van der Waals surface area contributed by atoms with Crippen LogP contribution < -0.4 is 11.1 Å². The molecule has 1 saturated heterocycles. The Hall–Kier alpha value is -1.72. The fourth-order valence-electron chi connectivity index (χ4n) is 2.62. The average Bonchev–Trinajstić information content (AvgIpc) is 2.67. The van der Waals surface area contributed by atoms with Crippen LogP contribution in [0.2, 0.25) is 0 Å². The van der Waals surface area contributed by atoms with Crippen LogP contribution in [-0.2, 0) is 26.4 Å². The first-order valence-electron chi connectivity index (χ1n) is 5.91. The Morgan fingerprint density at radius 1 is 1.33 bits per heavy atom. The third-order valence-corrected chi connectivity index (χ3v) is 3.71. The zero-order valence-electron chi connectivity index (χ0n) is 9.81. The molecule has 2 aliphatic heterocycles. The number of carbonyl (C=O) groups is 2. The summed E-state index contributed by atoms with van der Waals surface area (Å²) in [5.74, 6) is -1.05. The maximum atomic E-state index is 12.5. The monoisotopic (exact) mass is 246 g/mol. The summed E-state index contributed by atoms with van der Waals surface area (Å²) >= 11 is 0. The molecule has 5 heteroatoms. The summed E-state index contributed by atoms with van der Waals surface area (Å²) in [6.07, 6.45) is 0. The third-order valence-electron chi connectivity index (χ3n) is 3.71. The highest BCUT2D eigenvalue weighted by molar-refractivity contribution is 6.12. The minimum atomic E-state index is -1.37. The predicted octanol–water partition coefficient (Wildman–Crippen LogP) is -0.314. The number of ether oxygens (including phenoxy) is 1. The maximum Gasteiger partial charge on any atom is 0.250 e. The summed E-state index contributed by atoms with van der Waals surface area (Å²) in [5.41, 5.74) is 5.77. The number of hydrogen-bond donors (Lipinski definition) is 2. The van der Waals surface area contributed by atoms with Gasteiger partial charge in [0.15, 0.2) is 11.3 Å². The van der Waals surface area contributed by atoms with Crippen LogP contribution in [0.25, 0.3) is 0 Å². The molecule has 1 amide bonds. The van der Waals surface area contributed by atoms with Crippen molar-refractivity contribution in [1.82, 2.24) is 5.32 Å². The normalized spacial score (nSPS) is 26.4. The zero-order valence-corrected chi connectivity index (χ0v) is 9.81. The lowest BCUT2D eigenvalue weighted by atomic mass is 9.79. The minimum absolute atomic E-state index is 0.175. The Labute approximate surface area is 104 Å².